The first-order chi connectivity index (χ1) is 9.36. The normalized spacial score (nSPS) is 12.3. The molecule has 1 atom stereocenters. The maximum absolute atomic E-state index is 13.2. The number of aryl methyl sites for hydroxylation is 2. The molecule has 0 radical (unpaired) electrons. The highest BCUT2D eigenvalue weighted by Crippen LogP contribution is 2.34. The maximum atomic E-state index is 13.2. The van der Waals surface area contributed by atoms with Gasteiger partial charge in [0.2, 0.25) is 0 Å². The van der Waals surface area contributed by atoms with E-state index < -0.39 is 0 Å². The lowest BCUT2D eigenvalue weighted by Crippen LogP contribution is -2.08. The Bertz CT molecular complexity index is 599. The molecule has 0 saturated heterocycles. The number of hydrogen-bond donors (Lipinski definition) is 1. The number of hydrogen-bond acceptors (Lipinski definition) is 1. The van der Waals surface area contributed by atoms with Crippen LogP contribution in [0.2, 0.25) is 5.02 Å². The summed E-state index contributed by atoms with van der Waals surface area (Å²) in [7, 11) is 0. The second-order valence-corrected chi connectivity index (χ2v) is 6.29. The fourth-order valence-electron chi connectivity index (χ4n) is 2.24. The van der Waals surface area contributed by atoms with Crippen molar-refractivity contribution >= 4 is 33.2 Å². The van der Waals surface area contributed by atoms with Gasteiger partial charge in [-0.1, -0.05) is 40.9 Å². The molecule has 0 spiro atoms. The number of halogens is 3. The van der Waals surface area contributed by atoms with Crippen molar-refractivity contribution in [1.82, 2.24) is 0 Å². The molecule has 4 heteroatoms. The average molecular weight is 357 g/mol. The molecule has 2 rings (SSSR count). The monoisotopic (exact) mass is 355 g/mol. The zero-order valence-electron chi connectivity index (χ0n) is 11.6. The molecule has 0 aliphatic heterocycles. The van der Waals surface area contributed by atoms with Gasteiger partial charge < -0.3 is 5.32 Å². The van der Waals surface area contributed by atoms with Crippen molar-refractivity contribution < 1.29 is 4.39 Å². The largest absolute Gasteiger partial charge is 0.376 e. The molecule has 2 aromatic rings. The first kappa shape index (κ1) is 15.3. The van der Waals surface area contributed by atoms with Crippen LogP contribution in [0.4, 0.5) is 10.1 Å². The summed E-state index contributed by atoms with van der Waals surface area (Å²) in [5.74, 6) is -0.355. The number of nitrogens with one attached hydrogen (secondary N) is 1. The highest BCUT2D eigenvalue weighted by molar-refractivity contribution is 9.10. The summed E-state index contributed by atoms with van der Waals surface area (Å²) in [6.07, 6.45) is 0. The van der Waals surface area contributed by atoms with Crippen LogP contribution in [0.15, 0.2) is 34.8 Å². The van der Waals surface area contributed by atoms with Gasteiger partial charge in [-0.2, -0.15) is 0 Å². The van der Waals surface area contributed by atoms with Gasteiger partial charge in [-0.3, -0.25) is 0 Å². The smallest absolute Gasteiger partial charge is 0.125 e. The van der Waals surface area contributed by atoms with Gasteiger partial charge in [-0.25, -0.2) is 4.39 Å². The summed E-state index contributed by atoms with van der Waals surface area (Å²) in [4.78, 5) is 0. The third-order valence-electron chi connectivity index (χ3n) is 3.11. The van der Waals surface area contributed by atoms with Crippen molar-refractivity contribution in [3.05, 3.63) is 62.3 Å². The summed E-state index contributed by atoms with van der Waals surface area (Å²) < 4.78 is 13.9. The van der Waals surface area contributed by atoms with Crippen LogP contribution in [-0.4, -0.2) is 0 Å². The molecule has 0 aliphatic carbocycles. The topological polar surface area (TPSA) is 12.0 Å². The van der Waals surface area contributed by atoms with Crippen molar-refractivity contribution in [2.75, 3.05) is 5.32 Å². The van der Waals surface area contributed by atoms with Gasteiger partial charge in [0.25, 0.3) is 0 Å². The minimum atomic E-state index is -0.355. The third-order valence-corrected chi connectivity index (χ3v) is 4.04. The molecule has 0 bridgehead atoms. The Labute approximate surface area is 132 Å². The zero-order valence-corrected chi connectivity index (χ0v) is 13.9. The number of anilines is 1. The highest BCUT2D eigenvalue weighted by Gasteiger charge is 2.12. The van der Waals surface area contributed by atoms with Gasteiger partial charge in [-0.15, -0.1) is 0 Å². The minimum absolute atomic E-state index is 0.0767. The molecule has 0 fully saturated rings. The van der Waals surface area contributed by atoms with Crippen molar-refractivity contribution in [2.24, 2.45) is 0 Å². The summed E-state index contributed by atoms with van der Waals surface area (Å²) in [5.41, 5.74) is 4.32. The van der Waals surface area contributed by atoms with E-state index in [1.807, 2.05) is 0 Å². The van der Waals surface area contributed by atoms with Gasteiger partial charge >= 0.3 is 0 Å². The molecule has 0 aliphatic rings. The molecule has 1 nitrogen and oxygen atoms in total. The molecule has 1 unspecified atom stereocenters. The molecule has 0 amide bonds. The first-order valence-electron chi connectivity index (χ1n) is 6.36. The zero-order chi connectivity index (χ0) is 14.9. The summed E-state index contributed by atoms with van der Waals surface area (Å²) in [6.45, 7) is 6.20. The second-order valence-electron chi connectivity index (χ2n) is 5.03. The quantitative estimate of drug-likeness (QED) is 0.708. The van der Waals surface area contributed by atoms with Gasteiger partial charge in [0.1, 0.15) is 5.82 Å². The molecule has 0 saturated carbocycles. The van der Waals surface area contributed by atoms with E-state index in [4.69, 9.17) is 11.6 Å². The fourth-order valence-corrected chi connectivity index (χ4v) is 3.16. The molecular weight excluding hydrogens is 341 g/mol. The Kier molecular flexibility index (Phi) is 4.71. The number of benzene rings is 2. The molecule has 0 aromatic heterocycles. The van der Waals surface area contributed by atoms with Gasteiger partial charge in [0.15, 0.2) is 0 Å². The summed E-state index contributed by atoms with van der Waals surface area (Å²) in [6, 6.07) is 9.20. The Hall–Kier alpha value is -1.06. The Morgan fingerprint density at radius 3 is 2.25 bits per heavy atom. The lowest BCUT2D eigenvalue weighted by Gasteiger charge is -2.19. The predicted octanol–water partition coefficient (Wildman–Crippen LogP) is 6.03. The van der Waals surface area contributed by atoms with Crippen LogP contribution >= 0.6 is 27.5 Å². The van der Waals surface area contributed by atoms with Crippen LogP contribution in [0, 0.1) is 19.7 Å². The van der Waals surface area contributed by atoms with Crippen LogP contribution in [0.1, 0.15) is 29.7 Å². The van der Waals surface area contributed by atoms with E-state index in [1.54, 1.807) is 0 Å². The fraction of sp³-hybridized carbons (Fsp3) is 0.250. The Morgan fingerprint density at radius 2 is 1.70 bits per heavy atom. The minimum Gasteiger partial charge on any atom is -0.376 e. The molecule has 2 aromatic carbocycles. The lowest BCUT2D eigenvalue weighted by molar-refractivity contribution is 0.627. The summed E-state index contributed by atoms with van der Waals surface area (Å²) in [5, 5.41) is 3.70. The highest BCUT2D eigenvalue weighted by atomic mass is 79.9. The molecule has 1 N–H and O–H groups in total. The Morgan fingerprint density at radius 1 is 1.10 bits per heavy atom. The lowest BCUT2D eigenvalue weighted by atomic mass is 10.0. The molecule has 20 heavy (non-hydrogen) atoms. The van der Waals surface area contributed by atoms with E-state index in [0.29, 0.717) is 15.2 Å². The van der Waals surface area contributed by atoms with E-state index >= 15 is 0 Å². The van der Waals surface area contributed by atoms with Gasteiger partial charge in [0.05, 0.1) is 10.7 Å². The van der Waals surface area contributed by atoms with E-state index in [1.165, 1.54) is 28.8 Å². The van der Waals surface area contributed by atoms with Crippen molar-refractivity contribution in [3.63, 3.8) is 0 Å². The molecular formula is C16H16BrClFN. The maximum Gasteiger partial charge on any atom is 0.125 e. The first-order valence-corrected chi connectivity index (χ1v) is 7.53. The van der Waals surface area contributed by atoms with Crippen LogP contribution in [0.25, 0.3) is 0 Å². The molecule has 0 heterocycles. The standard InChI is InChI=1S/C16H16BrClFN/c1-9-4-10(2)6-12(5-9)11(3)20-16-14(17)7-13(19)8-15(16)18/h4-8,11,20H,1-3H3. The van der Waals surface area contributed by atoms with Crippen molar-refractivity contribution in [2.45, 2.75) is 26.8 Å². The predicted molar refractivity (Wildman–Crippen MR) is 87.1 cm³/mol. The Balaban J connectivity index is 2.30. The molecule has 106 valence electrons. The van der Waals surface area contributed by atoms with E-state index in [0.717, 1.165) is 0 Å². The second kappa shape index (κ2) is 6.15. The average Bonchev–Trinajstić information content (AvgIpc) is 2.32. The van der Waals surface area contributed by atoms with E-state index in [2.05, 4.69) is 60.2 Å². The SMILES string of the molecule is Cc1cc(C)cc(C(C)Nc2c(Cl)cc(F)cc2Br)c1. The van der Waals surface area contributed by atoms with Crippen LogP contribution in [0.5, 0.6) is 0 Å². The summed E-state index contributed by atoms with van der Waals surface area (Å²) >= 11 is 9.44. The van der Waals surface area contributed by atoms with Crippen LogP contribution in [-0.2, 0) is 0 Å². The van der Waals surface area contributed by atoms with Gasteiger partial charge in [-0.05, 0) is 54.4 Å². The van der Waals surface area contributed by atoms with E-state index in [9.17, 15) is 4.39 Å². The van der Waals surface area contributed by atoms with Crippen molar-refractivity contribution in [1.29, 1.82) is 0 Å². The van der Waals surface area contributed by atoms with Crippen molar-refractivity contribution in [3.8, 4) is 0 Å². The van der Waals surface area contributed by atoms with Gasteiger partial charge in [0, 0.05) is 10.5 Å². The number of rotatable bonds is 3. The van der Waals surface area contributed by atoms with E-state index in [-0.39, 0.29) is 11.9 Å². The van der Waals surface area contributed by atoms with Crippen LogP contribution < -0.4 is 5.32 Å². The van der Waals surface area contributed by atoms with Crippen LogP contribution in [0.3, 0.4) is 0 Å². The third kappa shape index (κ3) is 3.53.